The van der Waals surface area contributed by atoms with Gasteiger partial charge in [0.15, 0.2) is 0 Å². The van der Waals surface area contributed by atoms with Crippen LogP contribution in [0.15, 0.2) is 0 Å². The van der Waals surface area contributed by atoms with Crippen molar-refractivity contribution >= 4 is 6.15 Å². The van der Waals surface area contributed by atoms with Gasteiger partial charge in [0, 0.05) is 1.43 Å². The lowest BCUT2D eigenvalue weighted by Gasteiger charge is -0.945. The summed E-state index contributed by atoms with van der Waals surface area (Å²) in [6.45, 7) is 0. The molecular weight excluding hydrogens is 231 g/mol. The van der Waals surface area contributed by atoms with E-state index in [4.69, 9.17) is 9.59 Å². The zero-order valence-corrected chi connectivity index (χ0v) is 5.53. The quantitative estimate of drug-likeness (QED) is 0.619. The van der Waals surface area contributed by atoms with Crippen molar-refractivity contribution in [3.05, 3.63) is 0 Å². The van der Waals surface area contributed by atoms with E-state index >= 15 is 0 Å². The van der Waals surface area contributed by atoms with E-state index in [0.717, 1.165) is 0 Å². The first kappa shape index (κ1) is 588. The van der Waals surface area contributed by atoms with E-state index < -0.39 is 0 Å². The third-order valence-corrected chi connectivity index (χ3v) is 0. The maximum Gasteiger partial charge on any atom is 0.373 e. The topological polar surface area (TPSA) is 129 Å². The highest BCUT2D eigenvalue weighted by atomic mass is 19.0. The van der Waals surface area contributed by atoms with Crippen LogP contribution < -0.4 is 0 Å². The average molecular weight is 269 g/mol. The van der Waals surface area contributed by atoms with E-state index in [2.05, 4.69) is 25.7 Å². The van der Waals surface area contributed by atoms with Gasteiger partial charge in [-0.3, -0.25) is 4.70 Å². The highest BCUT2D eigenvalue weighted by molar-refractivity contribution is 5.20. The van der Waals surface area contributed by atoms with Crippen molar-refractivity contribution in [2.24, 2.45) is 0 Å². The maximum atomic E-state index is 8.12. The molecule has 0 aromatic rings. The summed E-state index contributed by atoms with van der Waals surface area (Å²) in [6, 6.07) is 0. The Morgan fingerprint density at radius 1 is 0.588 bits per heavy atom. The zero-order chi connectivity index (χ0) is 6.71. The molecule has 0 fully saturated rings. The van der Waals surface area contributed by atoms with Gasteiger partial charge in [-0.15, -0.1) is 25.7 Å². The standard InChI is InChI=1S/2C2H2.CO2.6CH4.FH.3H2O.H2/c2*1-2;2-1-3;;;;;;;;;;;/h2*1-2H;;6*1H4;1H;3*1H2;1H/i;;;;;;;;;;;;;1+1. The maximum absolute atomic E-state index is 8.12. The monoisotopic (exact) mass is 269 g/mol. The van der Waals surface area contributed by atoms with Crippen molar-refractivity contribution in [3.63, 3.8) is 0 Å². The second kappa shape index (κ2) is 5320. The number of hydrogen-bond acceptors (Lipinski definition) is 2. The van der Waals surface area contributed by atoms with Crippen LogP contribution in [0.2, 0.25) is 0 Å². The summed E-state index contributed by atoms with van der Waals surface area (Å²) < 4.78 is 0. The fourth-order valence-electron chi connectivity index (χ4n) is 0. The van der Waals surface area contributed by atoms with Gasteiger partial charge in [-0.05, 0) is 0 Å². The highest BCUT2D eigenvalue weighted by Crippen LogP contribution is 0.787. The van der Waals surface area contributed by atoms with Gasteiger partial charge < -0.3 is 16.4 Å². The van der Waals surface area contributed by atoms with Crippen LogP contribution in [0.5, 0.6) is 0 Å². The molecule has 0 aliphatic rings. The molecule has 0 aromatic heterocycles. The van der Waals surface area contributed by atoms with E-state index in [1.54, 1.807) is 0 Å². The van der Waals surface area contributed by atoms with Crippen molar-refractivity contribution < 1.29 is 32.1 Å². The summed E-state index contributed by atoms with van der Waals surface area (Å²) in [6.07, 6.45) is 16.2. The van der Waals surface area contributed by atoms with Crippen molar-refractivity contribution in [3.8, 4) is 25.7 Å². The number of carbonyl (C=O) groups excluding carboxylic acids is 2. The molecule has 0 spiro atoms. The first-order valence-electron chi connectivity index (χ1n) is 1.07. The third-order valence-electron chi connectivity index (χ3n) is 0. The second-order valence-electron chi connectivity index (χ2n) is 0.0833. The lowest BCUT2D eigenvalue weighted by atomic mass is 11.4. The van der Waals surface area contributed by atoms with Crippen LogP contribution in [0, 0.1) is 25.7 Å². The van der Waals surface area contributed by atoms with Gasteiger partial charge in [-0.25, -0.2) is 0 Å². The molecule has 5 nitrogen and oxygen atoms in total. The molecule has 0 bridgehead atoms. The Balaban J connectivity index is -0.000000000861. The minimum atomic E-state index is 0. The van der Waals surface area contributed by atoms with Crippen LogP contribution in [-0.2, 0) is 9.59 Å². The van der Waals surface area contributed by atoms with Crippen molar-refractivity contribution in [1.82, 2.24) is 0 Å². The van der Waals surface area contributed by atoms with Gasteiger partial charge >= 0.3 is 6.15 Å². The van der Waals surface area contributed by atoms with Crippen molar-refractivity contribution in [2.45, 2.75) is 44.6 Å². The van der Waals surface area contributed by atoms with Crippen LogP contribution in [0.1, 0.15) is 46.0 Å². The van der Waals surface area contributed by atoms with Gasteiger partial charge in [-0.1, -0.05) is 44.6 Å². The number of hydrogen-bond donors (Lipinski definition) is 0. The average Bonchev–Trinajstić information content (AvgIpc) is 1.78. The predicted molar refractivity (Wildman–Crippen MR) is 80.6 cm³/mol. The Labute approximate surface area is 109 Å². The SMILES string of the molecule is C.C.C.C.C.C.C#C.C#C.F.O.O.O.O=C=O.[2HH]. The third kappa shape index (κ3) is 759. The normalized spacial score (nSPS) is 0.706. The van der Waals surface area contributed by atoms with Crippen LogP contribution in [0.3, 0.4) is 0 Å². The van der Waals surface area contributed by atoms with E-state index in [9.17, 15) is 0 Å². The summed E-state index contributed by atoms with van der Waals surface area (Å²) in [5, 5.41) is 0. The molecule has 0 heterocycles. The lowest BCUT2D eigenvalue weighted by molar-refractivity contribution is -0.191. The minimum absolute atomic E-state index is 0. The molecule has 0 saturated heterocycles. The molecule has 0 rings (SSSR count). The van der Waals surface area contributed by atoms with Gasteiger partial charge in [-0.2, -0.15) is 9.59 Å². The number of halogens is 1. The van der Waals surface area contributed by atoms with Crippen LogP contribution in [0.4, 0.5) is 4.70 Å². The molecule has 0 unspecified atom stereocenters. The molecule has 0 aliphatic carbocycles. The predicted octanol–water partition coefficient (Wildman–Crippen LogP) is 1.66. The molecular formula is C11H37FO5. The zero-order valence-electron chi connectivity index (χ0n) is 5.53. The lowest BCUT2D eigenvalue weighted by Crippen LogP contribution is -1.22. The number of rotatable bonds is 0. The summed E-state index contributed by atoms with van der Waals surface area (Å²) in [7, 11) is 0. The molecule has 6 N–H and O–H groups in total. The summed E-state index contributed by atoms with van der Waals surface area (Å²) in [5.74, 6) is 0. The van der Waals surface area contributed by atoms with Crippen LogP contribution >= 0.6 is 0 Å². The summed E-state index contributed by atoms with van der Waals surface area (Å²) in [5.41, 5.74) is 0. The molecule has 17 heavy (non-hydrogen) atoms. The van der Waals surface area contributed by atoms with Crippen LogP contribution in [0.25, 0.3) is 0 Å². The molecule has 6 heteroatoms. The van der Waals surface area contributed by atoms with E-state index in [1.165, 1.54) is 0 Å². The Kier molecular flexibility index (Phi) is 184000. The Morgan fingerprint density at radius 3 is 0.588 bits per heavy atom. The van der Waals surface area contributed by atoms with E-state index in [1.807, 2.05) is 0 Å². The smallest absolute Gasteiger partial charge is 0.373 e. The first-order chi connectivity index (χ1) is 3.41. The molecule has 0 aliphatic heterocycles. The summed E-state index contributed by atoms with van der Waals surface area (Å²) >= 11 is 0. The highest BCUT2D eigenvalue weighted by Gasteiger charge is 1.13. The molecule has 118 valence electrons. The van der Waals surface area contributed by atoms with Gasteiger partial charge in [0.25, 0.3) is 0 Å². The van der Waals surface area contributed by atoms with Crippen molar-refractivity contribution in [1.29, 1.82) is 0 Å². The van der Waals surface area contributed by atoms with E-state index in [0.29, 0.717) is 0 Å². The fourth-order valence-corrected chi connectivity index (χ4v) is 0. The fraction of sp³-hybridized carbons (Fsp3) is 0.545. The molecule has 0 radical (unpaired) electrons. The summed E-state index contributed by atoms with van der Waals surface area (Å²) in [4.78, 5) is 16.2. The van der Waals surface area contributed by atoms with Crippen LogP contribution in [-0.4, -0.2) is 22.6 Å². The van der Waals surface area contributed by atoms with E-state index in [-0.39, 0.29) is 73.3 Å². The van der Waals surface area contributed by atoms with Gasteiger partial charge in [0.1, 0.15) is 0 Å². The number of terminal acetylenes is 2. The Bertz CT molecular complexity index is 85.9. The second-order valence-corrected chi connectivity index (χ2v) is 0.0833. The Hall–Kier alpha value is -1.69. The van der Waals surface area contributed by atoms with Gasteiger partial charge in [0.05, 0.1) is 0 Å². The first-order valence-corrected chi connectivity index (χ1v) is 1.07. The Morgan fingerprint density at radius 2 is 0.588 bits per heavy atom. The van der Waals surface area contributed by atoms with Gasteiger partial charge in [0.2, 0.25) is 0 Å². The molecule has 0 saturated carbocycles. The molecule has 0 aromatic carbocycles. The largest absolute Gasteiger partial charge is 0.412 e. The molecule has 0 atom stereocenters. The molecule has 0 amide bonds. The minimum Gasteiger partial charge on any atom is -0.412 e. The van der Waals surface area contributed by atoms with Crippen molar-refractivity contribution in [2.75, 3.05) is 0 Å².